The van der Waals surface area contributed by atoms with Gasteiger partial charge >= 0.3 is 0 Å². The summed E-state index contributed by atoms with van der Waals surface area (Å²) < 4.78 is 26.8. The quantitative estimate of drug-likeness (QED) is 0.858. The largest absolute Gasteiger partial charge is 0.316 e. The van der Waals surface area contributed by atoms with E-state index in [1.165, 1.54) is 0 Å². The molecule has 1 atom stereocenters. The number of piperazine rings is 1. The van der Waals surface area contributed by atoms with E-state index in [9.17, 15) is 8.42 Å². The molecule has 0 radical (unpaired) electrons. The van der Waals surface area contributed by atoms with Crippen LogP contribution in [0.2, 0.25) is 0 Å². The molecule has 0 amide bonds. The van der Waals surface area contributed by atoms with Gasteiger partial charge in [0.2, 0.25) is 0 Å². The summed E-state index contributed by atoms with van der Waals surface area (Å²) in [5, 5.41) is 3.16. The molecule has 0 saturated carbocycles. The minimum Gasteiger partial charge on any atom is -0.316 e. The van der Waals surface area contributed by atoms with Crippen molar-refractivity contribution in [3.63, 3.8) is 0 Å². The van der Waals surface area contributed by atoms with Crippen molar-refractivity contribution in [2.75, 3.05) is 33.2 Å². The summed E-state index contributed by atoms with van der Waals surface area (Å²) in [7, 11) is -1.64. The van der Waals surface area contributed by atoms with Crippen LogP contribution in [0.1, 0.15) is 19.4 Å². The maximum absolute atomic E-state index is 12.6. The first-order chi connectivity index (χ1) is 9.98. The summed E-state index contributed by atoms with van der Waals surface area (Å²) in [4.78, 5) is 6.41. The van der Waals surface area contributed by atoms with Crippen LogP contribution in [0.5, 0.6) is 0 Å². The van der Waals surface area contributed by atoms with Crippen LogP contribution < -0.4 is 5.32 Å². The molecule has 1 aliphatic rings. The molecule has 1 saturated heterocycles. The van der Waals surface area contributed by atoms with Gasteiger partial charge < -0.3 is 5.32 Å². The van der Waals surface area contributed by atoms with Crippen LogP contribution in [0.25, 0.3) is 0 Å². The van der Waals surface area contributed by atoms with Gasteiger partial charge in [0.25, 0.3) is 10.0 Å². The highest BCUT2D eigenvalue weighted by Gasteiger charge is 2.32. The minimum atomic E-state index is -3.48. The van der Waals surface area contributed by atoms with Crippen LogP contribution in [-0.2, 0) is 16.6 Å². The maximum atomic E-state index is 12.6. The van der Waals surface area contributed by atoms with Gasteiger partial charge in [0.15, 0.2) is 5.03 Å². The van der Waals surface area contributed by atoms with Crippen molar-refractivity contribution >= 4 is 10.0 Å². The molecular weight excluding hydrogens is 288 g/mol. The smallest absolute Gasteiger partial charge is 0.260 e. The van der Waals surface area contributed by atoms with E-state index in [1.54, 1.807) is 16.6 Å². The second kappa shape index (κ2) is 6.83. The second-order valence-corrected chi connectivity index (χ2v) is 7.26. The van der Waals surface area contributed by atoms with Crippen LogP contribution in [0.4, 0.5) is 0 Å². The lowest BCUT2D eigenvalue weighted by Crippen LogP contribution is -2.53. The van der Waals surface area contributed by atoms with Gasteiger partial charge in [-0.2, -0.15) is 4.31 Å². The van der Waals surface area contributed by atoms with Gasteiger partial charge in [-0.15, -0.1) is 0 Å². The Balaban J connectivity index is 2.14. The third-order valence-electron chi connectivity index (χ3n) is 3.92. The molecule has 1 aromatic heterocycles. The molecule has 0 spiro atoms. The van der Waals surface area contributed by atoms with Crippen LogP contribution in [-0.4, -0.2) is 61.9 Å². The predicted molar refractivity (Wildman–Crippen MR) is 82.5 cm³/mol. The Bertz CT molecular complexity index is 559. The Morgan fingerprint density at radius 2 is 2.14 bits per heavy atom. The summed E-state index contributed by atoms with van der Waals surface area (Å²) in [6, 6.07) is 3.64. The summed E-state index contributed by atoms with van der Waals surface area (Å²) in [6.07, 6.45) is 1.62. The molecule has 0 bridgehead atoms. The SMILES string of the molecule is CCN1CCN(S(=O)(=O)c2ccc(CNC)cn2)CC1C. The molecule has 0 aromatic carbocycles. The van der Waals surface area contributed by atoms with Gasteiger partial charge in [0.1, 0.15) is 0 Å². The standard InChI is InChI=1S/C14H24N4O2S/c1-4-17-7-8-18(11-12(17)2)21(19,20)14-6-5-13(9-15-3)10-16-14/h5-6,10,12,15H,4,7-9,11H2,1-3H3. The van der Waals surface area contributed by atoms with Crippen molar-refractivity contribution in [1.29, 1.82) is 0 Å². The zero-order chi connectivity index (χ0) is 15.5. The Hall–Kier alpha value is -1.02. The minimum absolute atomic E-state index is 0.138. The van der Waals surface area contributed by atoms with Gasteiger partial charge in [0, 0.05) is 38.4 Å². The molecule has 0 aliphatic carbocycles. The molecule has 2 rings (SSSR count). The normalized spacial score (nSPS) is 21.6. The Labute approximate surface area is 127 Å². The summed E-state index contributed by atoms with van der Waals surface area (Å²) in [6.45, 7) is 7.62. The second-order valence-electron chi connectivity index (χ2n) is 5.38. The highest BCUT2D eigenvalue weighted by atomic mass is 32.2. The molecule has 118 valence electrons. The van der Waals surface area contributed by atoms with Crippen molar-refractivity contribution < 1.29 is 8.42 Å². The topological polar surface area (TPSA) is 65.5 Å². The molecule has 6 nitrogen and oxygen atoms in total. The average molecular weight is 312 g/mol. The van der Waals surface area contributed by atoms with Crippen molar-refractivity contribution in [3.05, 3.63) is 23.9 Å². The molecular formula is C14H24N4O2S. The molecule has 1 aliphatic heterocycles. The zero-order valence-electron chi connectivity index (χ0n) is 12.9. The number of sulfonamides is 1. The number of nitrogens with zero attached hydrogens (tertiary/aromatic N) is 3. The van der Waals surface area contributed by atoms with Gasteiger partial charge in [-0.25, -0.2) is 13.4 Å². The first-order valence-corrected chi connectivity index (χ1v) is 8.76. The number of hydrogen-bond acceptors (Lipinski definition) is 5. The van der Waals surface area contributed by atoms with Crippen molar-refractivity contribution in [2.24, 2.45) is 0 Å². The summed E-state index contributed by atoms with van der Waals surface area (Å²) >= 11 is 0. The first-order valence-electron chi connectivity index (χ1n) is 7.32. The lowest BCUT2D eigenvalue weighted by atomic mass is 10.2. The number of likely N-dealkylation sites (N-methyl/N-ethyl adjacent to an activating group) is 1. The lowest BCUT2D eigenvalue weighted by Gasteiger charge is -2.38. The van der Waals surface area contributed by atoms with Gasteiger partial charge in [-0.1, -0.05) is 13.0 Å². The molecule has 2 heterocycles. The lowest BCUT2D eigenvalue weighted by molar-refractivity contribution is 0.135. The van der Waals surface area contributed by atoms with E-state index in [1.807, 2.05) is 13.1 Å². The van der Waals surface area contributed by atoms with Crippen LogP contribution in [0, 0.1) is 0 Å². The number of hydrogen-bond donors (Lipinski definition) is 1. The Morgan fingerprint density at radius 3 is 2.67 bits per heavy atom. The maximum Gasteiger partial charge on any atom is 0.260 e. The predicted octanol–water partition coefficient (Wildman–Crippen LogP) is 0.516. The number of rotatable bonds is 5. The van der Waals surface area contributed by atoms with E-state index in [0.717, 1.165) is 18.7 Å². The monoisotopic (exact) mass is 312 g/mol. The number of nitrogens with one attached hydrogen (secondary N) is 1. The van der Waals surface area contributed by atoms with Crippen molar-refractivity contribution in [3.8, 4) is 0 Å². The molecule has 1 unspecified atom stereocenters. The summed E-state index contributed by atoms with van der Waals surface area (Å²) in [5.74, 6) is 0. The highest BCUT2D eigenvalue weighted by Crippen LogP contribution is 2.18. The molecule has 1 fully saturated rings. The van der Waals surface area contributed by atoms with E-state index in [-0.39, 0.29) is 11.1 Å². The third-order valence-corrected chi connectivity index (χ3v) is 5.70. The Morgan fingerprint density at radius 1 is 1.38 bits per heavy atom. The van der Waals surface area contributed by atoms with E-state index in [2.05, 4.69) is 29.0 Å². The molecule has 21 heavy (non-hydrogen) atoms. The third kappa shape index (κ3) is 3.60. The fraction of sp³-hybridized carbons (Fsp3) is 0.643. The van der Waals surface area contributed by atoms with E-state index in [0.29, 0.717) is 19.6 Å². The van der Waals surface area contributed by atoms with Gasteiger partial charge in [-0.05, 0) is 32.1 Å². The average Bonchev–Trinajstić information content (AvgIpc) is 2.48. The van der Waals surface area contributed by atoms with Crippen molar-refractivity contribution in [2.45, 2.75) is 31.5 Å². The first kappa shape index (κ1) is 16.4. The van der Waals surface area contributed by atoms with Crippen LogP contribution in [0.3, 0.4) is 0 Å². The molecule has 1 N–H and O–H groups in total. The van der Waals surface area contributed by atoms with E-state index < -0.39 is 10.0 Å². The molecule has 7 heteroatoms. The summed E-state index contributed by atoms with van der Waals surface area (Å²) in [5.41, 5.74) is 0.973. The Kier molecular flexibility index (Phi) is 5.32. The number of pyridine rings is 1. The molecule has 1 aromatic rings. The number of aromatic nitrogens is 1. The highest BCUT2D eigenvalue weighted by molar-refractivity contribution is 7.89. The van der Waals surface area contributed by atoms with Gasteiger partial charge in [0.05, 0.1) is 0 Å². The van der Waals surface area contributed by atoms with Crippen molar-refractivity contribution in [1.82, 2.24) is 19.5 Å². The zero-order valence-corrected chi connectivity index (χ0v) is 13.7. The van der Waals surface area contributed by atoms with Crippen LogP contribution in [0.15, 0.2) is 23.4 Å². The fourth-order valence-corrected chi connectivity index (χ4v) is 4.08. The van der Waals surface area contributed by atoms with Gasteiger partial charge in [-0.3, -0.25) is 4.90 Å². The fourth-order valence-electron chi connectivity index (χ4n) is 2.65. The van der Waals surface area contributed by atoms with E-state index in [4.69, 9.17) is 0 Å². The van der Waals surface area contributed by atoms with Crippen LogP contribution >= 0.6 is 0 Å². The van der Waals surface area contributed by atoms with E-state index >= 15 is 0 Å².